The lowest BCUT2D eigenvalue weighted by molar-refractivity contribution is -0.140. The molecule has 8 nitrogen and oxygen atoms in total. The van der Waals surface area contributed by atoms with Crippen molar-refractivity contribution < 1.29 is 22.7 Å². The average molecular weight is 750 g/mol. The van der Waals surface area contributed by atoms with Crippen LogP contribution in [0.1, 0.15) is 48.8 Å². The quantitative estimate of drug-likeness (QED) is 0.123. The second-order valence-corrected chi connectivity index (χ2v) is 15.7. The number of benzene rings is 5. The van der Waals surface area contributed by atoms with E-state index in [1.807, 2.05) is 79.7 Å². The van der Waals surface area contributed by atoms with Gasteiger partial charge in [0.15, 0.2) is 0 Å². The summed E-state index contributed by atoms with van der Waals surface area (Å²) in [4.78, 5) is 30.7. The molecule has 0 unspecified atom stereocenters. The number of para-hydroxylation sites is 1. The molecule has 1 N–H and O–H groups in total. The van der Waals surface area contributed by atoms with Crippen LogP contribution < -0.4 is 14.4 Å². The number of hydrogen-bond acceptors (Lipinski definition) is 5. The van der Waals surface area contributed by atoms with Crippen LogP contribution in [0.2, 0.25) is 5.02 Å². The van der Waals surface area contributed by atoms with Crippen LogP contribution in [0.4, 0.5) is 5.69 Å². The van der Waals surface area contributed by atoms with Gasteiger partial charge in [-0.05, 0) is 85.5 Å². The lowest BCUT2D eigenvalue weighted by atomic mass is 9.94. The van der Waals surface area contributed by atoms with E-state index in [0.29, 0.717) is 22.1 Å². The first kappa shape index (κ1) is 37.6. The lowest BCUT2D eigenvalue weighted by Gasteiger charge is -2.35. The van der Waals surface area contributed by atoms with Gasteiger partial charge in [-0.2, -0.15) is 0 Å². The maximum absolute atomic E-state index is 14.9. The van der Waals surface area contributed by atoms with E-state index >= 15 is 0 Å². The Morgan fingerprint density at radius 3 is 2.04 bits per heavy atom. The van der Waals surface area contributed by atoms with Crippen molar-refractivity contribution in [3.05, 3.63) is 155 Å². The van der Waals surface area contributed by atoms with Gasteiger partial charge in [0.2, 0.25) is 11.8 Å². The van der Waals surface area contributed by atoms with Crippen molar-refractivity contribution in [2.24, 2.45) is 0 Å². The molecular weight excluding hydrogens is 706 g/mol. The molecule has 0 aliphatic heterocycles. The van der Waals surface area contributed by atoms with Gasteiger partial charge in [0, 0.05) is 24.0 Å². The monoisotopic (exact) mass is 749 g/mol. The summed E-state index contributed by atoms with van der Waals surface area (Å²) in [6, 6.07) is 38.1. The Bertz CT molecular complexity index is 2070. The van der Waals surface area contributed by atoms with Crippen LogP contribution in [0.5, 0.6) is 11.5 Å². The van der Waals surface area contributed by atoms with E-state index in [9.17, 15) is 18.0 Å². The number of aryl methyl sites for hydroxylation is 1. The fourth-order valence-electron chi connectivity index (χ4n) is 6.58. The predicted octanol–water partition coefficient (Wildman–Crippen LogP) is 8.73. The lowest BCUT2D eigenvalue weighted by Crippen LogP contribution is -2.55. The van der Waals surface area contributed by atoms with E-state index in [-0.39, 0.29) is 35.5 Å². The summed E-state index contributed by atoms with van der Waals surface area (Å²) >= 11 is 6.66. The number of carbonyl (C=O) groups excluding carboxylic acids is 2. The van der Waals surface area contributed by atoms with Crippen molar-refractivity contribution in [2.45, 2.75) is 69.0 Å². The minimum absolute atomic E-state index is 0.00169. The summed E-state index contributed by atoms with van der Waals surface area (Å²) in [5.74, 6) is 0.300. The molecular formula is C43H44ClN3O5S. The second kappa shape index (κ2) is 17.6. The summed E-state index contributed by atoms with van der Waals surface area (Å²) in [6.45, 7) is 1.30. The molecule has 1 aliphatic carbocycles. The zero-order valence-electron chi connectivity index (χ0n) is 29.7. The minimum atomic E-state index is -4.26. The smallest absolute Gasteiger partial charge is 0.264 e. The Kier molecular flexibility index (Phi) is 12.5. The summed E-state index contributed by atoms with van der Waals surface area (Å²) in [5.41, 5.74) is 2.67. The minimum Gasteiger partial charge on any atom is -0.457 e. The van der Waals surface area contributed by atoms with Gasteiger partial charge in [-0.25, -0.2) is 8.42 Å². The molecule has 0 saturated heterocycles. The molecule has 1 saturated carbocycles. The molecule has 2 amide bonds. The number of amides is 2. The highest BCUT2D eigenvalue weighted by Gasteiger charge is 2.35. The van der Waals surface area contributed by atoms with Gasteiger partial charge in [-0.1, -0.05) is 115 Å². The number of sulfonamides is 1. The maximum atomic E-state index is 14.9. The normalized spacial score (nSPS) is 13.8. The molecule has 10 heteroatoms. The second-order valence-electron chi connectivity index (χ2n) is 13.4. The van der Waals surface area contributed by atoms with E-state index < -0.39 is 28.5 Å². The number of halogens is 1. The van der Waals surface area contributed by atoms with Gasteiger partial charge in [-0.15, -0.1) is 0 Å². The number of nitrogens with zero attached hydrogens (tertiary/aromatic N) is 2. The standard InChI is InChI=1S/C43H44ClN3O5S/c1-32-21-27-39(28-22-32)53(50,51)47(36-23-25-38(26-24-36)52-37-18-9-4-10-19-37)31-42(48)46(30-34-15-11-12-20-40(34)44)41(29-33-13-5-2-6-14-33)43(49)45-35-16-7-3-8-17-35/h2,4-6,9-15,18-28,35,41H,3,7-8,16-17,29-31H2,1H3,(H,45,49)/t41-/m0/s1. The fourth-order valence-corrected chi connectivity index (χ4v) is 8.19. The topological polar surface area (TPSA) is 96.0 Å². The van der Waals surface area contributed by atoms with Crippen LogP contribution in [-0.4, -0.2) is 43.8 Å². The van der Waals surface area contributed by atoms with Crippen molar-refractivity contribution in [3.8, 4) is 11.5 Å². The Morgan fingerprint density at radius 2 is 1.38 bits per heavy atom. The molecule has 0 bridgehead atoms. The van der Waals surface area contributed by atoms with E-state index in [1.54, 1.807) is 48.5 Å². The van der Waals surface area contributed by atoms with E-state index in [0.717, 1.165) is 47.5 Å². The fraction of sp³-hybridized carbons (Fsp3) is 0.256. The third-order valence-corrected chi connectivity index (χ3v) is 11.7. The van der Waals surface area contributed by atoms with Gasteiger partial charge < -0.3 is 15.0 Å². The molecule has 0 radical (unpaired) electrons. The first-order valence-electron chi connectivity index (χ1n) is 18.0. The van der Waals surface area contributed by atoms with E-state index in [1.165, 1.54) is 17.0 Å². The number of carbonyl (C=O) groups is 2. The number of rotatable bonds is 14. The van der Waals surface area contributed by atoms with Gasteiger partial charge in [0.25, 0.3) is 10.0 Å². The van der Waals surface area contributed by atoms with Crippen LogP contribution >= 0.6 is 11.6 Å². The maximum Gasteiger partial charge on any atom is 0.264 e. The number of hydrogen-bond donors (Lipinski definition) is 1. The van der Waals surface area contributed by atoms with E-state index in [4.69, 9.17) is 16.3 Å². The molecule has 5 aromatic rings. The number of nitrogens with one attached hydrogen (secondary N) is 1. The van der Waals surface area contributed by atoms with Crippen LogP contribution in [0.15, 0.2) is 138 Å². The van der Waals surface area contributed by atoms with Crippen molar-refractivity contribution in [1.82, 2.24) is 10.2 Å². The zero-order chi connectivity index (χ0) is 37.2. The molecule has 274 valence electrons. The first-order chi connectivity index (χ1) is 25.7. The van der Waals surface area contributed by atoms with E-state index in [2.05, 4.69) is 5.32 Å². The molecule has 0 aromatic heterocycles. The third kappa shape index (κ3) is 9.86. The highest BCUT2D eigenvalue weighted by atomic mass is 35.5. The molecule has 53 heavy (non-hydrogen) atoms. The Labute approximate surface area is 317 Å². The van der Waals surface area contributed by atoms with Gasteiger partial charge >= 0.3 is 0 Å². The molecule has 5 aromatic carbocycles. The molecule has 1 atom stereocenters. The number of ether oxygens (including phenoxy) is 1. The van der Waals surface area contributed by atoms with Crippen LogP contribution in [0.3, 0.4) is 0 Å². The van der Waals surface area contributed by atoms with Crippen molar-refractivity contribution in [3.63, 3.8) is 0 Å². The predicted molar refractivity (Wildman–Crippen MR) is 210 cm³/mol. The highest BCUT2D eigenvalue weighted by Crippen LogP contribution is 2.30. The molecule has 6 rings (SSSR count). The summed E-state index contributed by atoms with van der Waals surface area (Å²) in [5, 5.41) is 3.68. The largest absolute Gasteiger partial charge is 0.457 e. The Morgan fingerprint density at radius 1 is 0.774 bits per heavy atom. The SMILES string of the molecule is Cc1ccc(S(=O)(=O)N(CC(=O)N(Cc2ccccc2Cl)[C@@H](Cc2ccccc2)C(=O)NC2CCCCC2)c2ccc(Oc3ccccc3)cc2)cc1. The molecule has 0 spiro atoms. The van der Waals surface area contributed by atoms with Crippen molar-refractivity contribution in [1.29, 1.82) is 0 Å². The van der Waals surface area contributed by atoms with Crippen molar-refractivity contribution >= 4 is 39.1 Å². The van der Waals surface area contributed by atoms with Crippen LogP contribution in [-0.2, 0) is 32.6 Å². The first-order valence-corrected chi connectivity index (χ1v) is 19.8. The Balaban J connectivity index is 1.39. The average Bonchev–Trinajstić information content (AvgIpc) is 3.17. The van der Waals surface area contributed by atoms with Crippen molar-refractivity contribution in [2.75, 3.05) is 10.8 Å². The third-order valence-electron chi connectivity index (χ3n) is 9.51. The van der Waals surface area contributed by atoms with Gasteiger partial charge in [0.1, 0.15) is 24.1 Å². The highest BCUT2D eigenvalue weighted by molar-refractivity contribution is 7.92. The van der Waals surface area contributed by atoms with Crippen LogP contribution in [0.25, 0.3) is 0 Å². The van der Waals surface area contributed by atoms with Gasteiger partial charge in [-0.3, -0.25) is 13.9 Å². The molecule has 0 heterocycles. The van der Waals surface area contributed by atoms with Crippen LogP contribution in [0, 0.1) is 6.92 Å². The zero-order valence-corrected chi connectivity index (χ0v) is 31.3. The van der Waals surface area contributed by atoms with Gasteiger partial charge in [0.05, 0.1) is 10.6 Å². The Hall–Kier alpha value is -5.12. The molecule has 1 aliphatic rings. The summed E-state index contributed by atoms with van der Waals surface area (Å²) < 4.78 is 36.0. The summed E-state index contributed by atoms with van der Waals surface area (Å²) in [7, 11) is -4.26. The summed E-state index contributed by atoms with van der Waals surface area (Å²) in [6.07, 6.45) is 5.15. The number of anilines is 1. The molecule has 1 fully saturated rings.